The first-order chi connectivity index (χ1) is 14.3. The molecule has 1 aliphatic carbocycles. The highest BCUT2D eigenvalue weighted by molar-refractivity contribution is 5.94. The molecule has 3 heterocycles. The smallest absolute Gasteiger partial charge is 0.251 e. The van der Waals surface area contributed by atoms with E-state index in [0.717, 1.165) is 54.8 Å². The second-order valence-electron chi connectivity index (χ2n) is 7.97. The van der Waals surface area contributed by atoms with Crippen molar-refractivity contribution in [3.05, 3.63) is 53.0 Å². The average Bonchev–Trinajstić information content (AvgIpc) is 3.42. The van der Waals surface area contributed by atoms with Crippen molar-refractivity contribution in [3.8, 4) is 0 Å². The SMILES string of the molecule is O=C(NCCn1nc(C2CCNC2)c2nccnc21)c1ccc2c(c1)CCCC2. The van der Waals surface area contributed by atoms with E-state index in [0.29, 0.717) is 19.0 Å². The Hall–Kier alpha value is -2.80. The van der Waals surface area contributed by atoms with E-state index in [1.54, 1.807) is 12.4 Å². The Kier molecular flexibility index (Phi) is 4.97. The Morgan fingerprint density at radius 3 is 2.90 bits per heavy atom. The maximum atomic E-state index is 12.6. The number of aryl methyl sites for hydroxylation is 2. The van der Waals surface area contributed by atoms with E-state index in [4.69, 9.17) is 5.10 Å². The molecule has 3 aromatic rings. The van der Waals surface area contributed by atoms with E-state index >= 15 is 0 Å². The molecule has 7 nitrogen and oxygen atoms in total. The second-order valence-corrected chi connectivity index (χ2v) is 7.97. The molecular formula is C22H26N6O. The van der Waals surface area contributed by atoms with Crippen molar-refractivity contribution in [1.29, 1.82) is 0 Å². The summed E-state index contributed by atoms with van der Waals surface area (Å²) in [7, 11) is 0. The summed E-state index contributed by atoms with van der Waals surface area (Å²) in [5, 5.41) is 11.2. The fourth-order valence-corrected chi connectivity index (χ4v) is 4.50. The molecule has 1 unspecified atom stereocenters. The van der Waals surface area contributed by atoms with Crippen LogP contribution in [-0.2, 0) is 19.4 Å². The van der Waals surface area contributed by atoms with Crippen LogP contribution < -0.4 is 10.6 Å². The lowest BCUT2D eigenvalue weighted by atomic mass is 9.90. The van der Waals surface area contributed by atoms with Gasteiger partial charge in [-0.25, -0.2) is 14.6 Å². The monoisotopic (exact) mass is 390 g/mol. The number of carbonyl (C=O) groups is 1. The van der Waals surface area contributed by atoms with Crippen LogP contribution in [0, 0.1) is 0 Å². The van der Waals surface area contributed by atoms with Crippen LogP contribution in [0.1, 0.15) is 52.4 Å². The molecular weight excluding hydrogens is 364 g/mol. The highest BCUT2D eigenvalue weighted by Crippen LogP contribution is 2.26. The Bertz CT molecular complexity index is 1040. The van der Waals surface area contributed by atoms with Crippen LogP contribution >= 0.6 is 0 Å². The highest BCUT2D eigenvalue weighted by atomic mass is 16.1. The van der Waals surface area contributed by atoms with E-state index in [-0.39, 0.29) is 5.91 Å². The van der Waals surface area contributed by atoms with Crippen molar-refractivity contribution >= 4 is 17.1 Å². The lowest BCUT2D eigenvalue weighted by Gasteiger charge is -2.16. The number of hydrogen-bond acceptors (Lipinski definition) is 5. The third-order valence-corrected chi connectivity index (χ3v) is 6.06. The summed E-state index contributed by atoms with van der Waals surface area (Å²) in [6.07, 6.45) is 9.15. The van der Waals surface area contributed by atoms with Crippen LogP contribution in [-0.4, -0.2) is 45.3 Å². The third-order valence-electron chi connectivity index (χ3n) is 6.06. The van der Waals surface area contributed by atoms with Gasteiger partial charge in [0.1, 0.15) is 5.52 Å². The number of fused-ring (bicyclic) bond motifs is 2. The van der Waals surface area contributed by atoms with Crippen molar-refractivity contribution in [2.75, 3.05) is 19.6 Å². The predicted molar refractivity (Wildman–Crippen MR) is 111 cm³/mol. The van der Waals surface area contributed by atoms with Gasteiger partial charge in [0.15, 0.2) is 5.65 Å². The van der Waals surface area contributed by atoms with Gasteiger partial charge in [0.05, 0.1) is 12.2 Å². The minimum atomic E-state index is -0.0267. The number of benzene rings is 1. The maximum absolute atomic E-state index is 12.6. The van der Waals surface area contributed by atoms with Crippen molar-refractivity contribution in [2.24, 2.45) is 0 Å². The number of carbonyl (C=O) groups excluding carboxylic acids is 1. The largest absolute Gasteiger partial charge is 0.350 e. The minimum Gasteiger partial charge on any atom is -0.350 e. The summed E-state index contributed by atoms with van der Waals surface area (Å²) in [4.78, 5) is 21.6. The van der Waals surface area contributed by atoms with Gasteiger partial charge in [-0.1, -0.05) is 6.07 Å². The first kappa shape index (κ1) is 18.2. The Labute approximate surface area is 169 Å². The molecule has 150 valence electrons. The lowest BCUT2D eigenvalue weighted by molar-refractivity contribution is 0.0952. The molecule has 0 radical (unpaired) electrons. The average molecular weight is 390 g/mol. The summed E-state index contributed by atoms with van der Waals surface area (Å²) < 4.78 is 1.88. The maximum Gasteiger partial charge on any atom is 0.251 e. The van der Waals surface area contributed by atoms with Gasteiger partial charge in [-0.3, -0.25) is 4.79 Å². The molecule has 0 saturated carbocycles. The van der Waals surface area contributed by atoms with Gasteiger partial charge in [0.2, 0.25) is 0 Å². The van der Waals surface area contributed by atoms with Crippen LogP contribution in [0.5, 0.6) is 0 Å². The van der Waals surface area contributed by atoms with Crippen LogP contribution in [0.4, 0.5) is 0 Å². The molecule has 1 amide bonds. The molecule has 1 fully saturated rings. The van der Waals surface area contributed by atoms with Gasteiger partial charge in [-0.15, -0.1) is 0 Å². The number of hydrogen-bond donors (Lipinski definition) is 2. The zero-order valence-corrected chi connectivity index (χ0v) is 16.5. The standard InChI is InChI=1S/C22H26N6O/c29-22(17-6-5-15-3-1-2-4-16(15)13-17)26-11-12-28-21-20(24-9-10-25-21)19(27-28)18-7-8-23-14-18/h5-6,9-10,13,18,23H,1-4,7-8,11-12,14H2,(H,26,29). The molecule has 1 saturated heterocycles. The Balaban J connectivity index is 1.28. The quantitative estimate of drug-likeness (QED) is 0.698. The molecule has 2 aliphatic rings. The van der Waals surface area contributed by atoms with Crippen molar-refractivity contribution in [3.63, 3.8) is 0 Å². The molecule has 1 aromatic carbocycles. The zero-order chi connectivity index (χ0) is 19.6. The molecule has 1 aliphatic heterocycles. The topological polar surface area (TPSA) is 84.7 Å². The van der Waals surface area contributed by atoms with Crippen molar-refractivity contribution in [2.45, 2.75) is 44.6 Å². The van der Waals surface area contributed by atoms with Crippen LogP contribution in [0.25, 0.3) is 11.2 Å². The molecule has 7 heteroatoms. The van der Waals surface area contributed by atoms with Crippen molar-refractivity contribution < 1.29 is 4.79 Å². The third kappa shape index (κ3) is 3.62. The van der Waals surface area contributed by atoms with Gasteiger partial charge in [0.25, 0.3) is 5.91 Å². The van der Waals surface area contributed by atoms with Gasteiger partial charge in [0, 0.05) is 37.0 Å². The van der Waals surface area contributed by atoms with Crippen LogP contribution in [0.2, 0.25) is 0 Å². The fraction of sp³-hybridized carbons (Fsp3) is 0.455. The number of nitrogens with zero attached hydrogens (tertiary/aromatic N) is 4. The summed E-state index contributed by atoms with van der Waals surface area (Å²) in [5.41, 5.74) is 6.14. The van der Waals surface area contributed by atoms with Crippen molar-refractivity contribution in [1.82, 2.24) is 30.4 Å². The molecule has 0 spiro atoms. The molecule has 2 aromatic heterocycles. The molecule has 0 bridgehead atoms. The minimum absolute atomic E-state index is 0.0267. The molecule has 2 N–H and O–H groups in total. The van der Waals surface area contributed by atoms with Gasteiger partial charge in [-0.05, 0) is 61.9 Å². The Morgan fingerprint density at radius 1 is 1.17 bits per heavy atom. The van der Waals surface area contributed by atoms with E-state index in [1.807, 2.05) is 10.7 Å². The first-order valence-electron chi connectivity index (χ1n) is 10.6. The normalized spacial score (nSPS) is 18.7. The zero-order valence-electron chi connectivity index (χ0n) is 16.5. The van der Waals surface area contributed by atoms with E-state index in [1.165, 1.54) is 24.0 Å². The van der Waals surface area contributed by atoms with Gasteiger partial charge >= 0.3 is 0 Å². The summed E-state index contributed by atoms with van der Waals surface area (Å²) in [5.74, 6) is 0.349. The summed E-state index contributed by atoms with van der Waals surface area (Å²) >= 11 is 0. The lowest BCUT2D eigenvalue weighted by Crippen LogP contribution is -2.28. The van der Waals surface area contributed by atoms with Gasteiger partial charge < -0.3 is 10.6 Å². The molecule has 1 atom stereocenters. The molecule has 29 heavy (non-hydrogen) atoms. The molecule has 5 rings (SSSR count). The fourth-order valence-electron chi connectivity index (χ4n) is 4.50. The van der Waals surface area contributed by atoms with E-state index in [9.17, 15) is 4.79 Å². The van der Waals surface area contributed by atoms with Crippen LogP contribution in [0.15, 0.2) is 30.6 Å². The number of nitrogens with one attached hydrogen (secondary N) is 2. The number of rotatable bonds is 5. The van der Waals surface area contributed by atoms with E-state index in [2.05, 4.69) is 32.7 Å². The summed E-state index contributed by atoms with van der Waals surface area (Å²) in [6, 6.07) is 6.12. The van der Waals surface area contributed by atoms with E-state index < -0.39 is 0 Å². The number of amides is 1. The number of aromatic nitrogens is 4. The first-order valence-corrected chi connectivity index (χ1v) is 10.6. The van der Waals surface area contributed by atoms with Crippen LogP contribution in [0.3, 0.4) is 0 Å². The second kappa shape index (κ2) is 7.91. The highest BCUT2D eigenvalue weighted by Gasteiger charge is 2.24. The summed E-state index contributed by atoms with van der Waals surface area (Å²) in [6.45, 7) is 3.02. The van der Waals surface area contributed by atoms with Gasteiger partial charge in [-0.2, -0.15) is 5.10 Å². The Morgan fingerprint density at radius 2 is 2.03 bits per heavy atom. The predicted octanol–water partition coefficient (Wildman–Crippen LogP) is 2.21.